The molecule has 0 aliphatic carbocycles. The maximum atomic E-state index is 12.6. The van der Waals surface area contributed by atoms with Crippen molar-refractivity contribution in [3.8, 4) is 0 Å². The fraction of sp³-hybridized carbons (Fsp3) is 0.389. The van der Waals surface area contributed by atoms with Gasteiger partial charge >= 0.3 is 0 Å². The number of thioether (sulfide) groups is 1. The Labute approximate surface area is 152 Å². The summed E-state index contributed by atoms with van der Waals surface area (Å²) in [7, 11) is 0. The van der Waals surface area contributed by atoms with Gasteiger partial charge in [-0.2, -0.15) is 11.8 Å². The van der Waals surface area contributed by atoms with Gasteiger partial charge in [0, 0.05) is 31.9 Å². The summed E-state index contributed by atoms with van der Waals surface area (Å²) in [6.07, 6.45) is 3.32. The quantitative estimate of drug-likeness (QED) is 0.778. The number of piperazine rings is 1. The summed E-state index contributed by atoms with van der Waals surface area (Å²) in [4.78, 5) is 39.5. The second-order valence-corrected chi connectivity index (χ2v) is 6.59. The Morgan fingerprint density at radius 2 is 1.72 bits per heavy atom. The van der Waals surface area contributed by atoms with Gasteiger partial charge in [0.2, 0.25) is 17.7 Å². The number of hydrogen-bond acceptors (Lipinski definition) is 4. The molecule has 0 spiro atoms. The zero-order valence-corrected chi connectivity index (χ0v) is 15.2. The van der Waals surface area contributed by atoms with Crippen molar-refractivity contribution < 1.29 is 14.4 Å². The van der Waals surface area contributed by atoms with Crippen LogP contribution < -0.4 is 5.32 Å². The van der Waals surface area contributed by atoms with Gasteiger partial charge < -0.3 is 15.1 Å². The molecule has 0 aromatic heterocycles. The topological polar surface area (TPSA) is 69.7 Å². The normalized spacial score (nSPS) is 14.1. The zero-order valence-electron chi connectivity index (χ0n) is 14.4. The second-order valence-electron chi connectivity index (χ2n) is 5.72. The Balaban J connectivity index is 1.94. The molecule has 1 aliphatic heterocycles. The van der Waals surface area contributed by atoms with E-state index in [0.717, 1.165) is 5.56 Å². The van der Waals surface area contributed by atoms with Crippen LogP contribution in [0.2, 0.25) is 0 Å². The van der Waals surface area contributed by atoms with Crippen LogP contribution in [0.15, 0.2) is 36.9 Å². The smallest absolute Gasteiger partial charge is 0.247 e. The van der Waals surface area contributed by atoms with Crippen LogP contribution in [0.25, 0.3) is 0 Å². The highest BCUT2D eigenvalue weighted by atomic mass is 32.2. The zero-order chi connectivity index (χ0) is 18.2. The summed E-state index contributed by atoms with van der Waals surface area (Å²) in [5.41, 5.74) is 1.39. The third kappa shape index (κ3) is 5.35. The van der Waals surface area contributed by atoms with Crippen molar-refractivity contribution in [2.24, 2.45) is 0 Å². The van der Waals surface area contributed by atoms with Crippen LogP contribution in [0.5, 0.6) is 0 Å². The molecule has 1 aromatic carbocycles. The third-order valence-corrected chi connectivity index (χ3v) is 4.59. The fourth-order valence-electron chi connectivity index (χ4n) is 2.67. The van der Waals surface area contributed by atoms with Crippen LogP contribution in [-0.2, 0) is 20.8 Å². The molecule has 1 N–H and O–H groups in total. The monoisotopic (exact) mass is 361 g/mol. The Hall–Kier alpha value is -2.28. The SMILES string of the molecule is C=CC(=O)Nc1ccccc1CC(=O)N1CCN(C(=O)CSC)CC1. The Morgan fingerprint density at radius 1 is 1.12 bits per heavy atom. The average molecular weight is 361 g/mol. The molecule has 1 saturated heterocycles. The lowest BCUT2D eigenvalue weighted by Gasteiger charge is -2.35. The van der Waals surface area contributed by atoms with Crippen LogP contribution in [0.1, 0.15) is 5.56 Å². The summed E-state index contributed by atoms with van der Waals surface area (Å²) >= 11 is 1.51. The predicted octanol–water partition coefficient (Wildman–Crippen LogP) is 1.39. The summed E-state index contributed by atoms with van der Waals surface area (Å²) in [6, 6.07) is 7.24. The molecule has 0 radical (unpaired) electrons. The van der Waals surface area contributed by atoms with Crippen LogP contribution >= 0.6 is 11.8 Å². The van der Waals surface area contributed by atoms with Gasteiger partial charge in [-0.25, -0.2) is 0 Å². The van der Waals surface area contributed by atoms with Crippen LogP contribution in [0.4, 0.5) is 5.69 Å². The number of benzene rings is 1. The minimum absolute atomic E-state index is 0.00253. The summed E-state index contributed by atoms with van der Waals surface area (Å²) < 4.78 is 0. The van der Waals surface area contributed by atoms with Crippen LogP contribution in [0, 0.1) is 0 Å². The molecule has 0 bridgehead atoms. The highest BCUT2D eigenvalue weighted by molar-refractivity contribution is 7.99. The Bertz CT molecular complexity index is 655. The van der Waals surface area contributed by atoms with Gasteiger partial charge in [0.05, 0.1) is 12.2 Å². The lowest BCUT2D eigenvalue weighted by atomic mass is 10.1. The first kappa shape index (κ1) is 19.1. The van der Waals surface area contributed by atoms with E-state index in [1.165, 1.54) is 17.8 Å². The molecule has 7 heteroatoms. The number of nitrogens with zero attached hydrogens (tertiary/aromatic N) is 2. The minimum Gasteiger partial charge on any atom is -0.339 e. The summed E-state index contributed by atoms with van der Waals surface area (Å²) in [5.74, 6) is 0.291. The highest BCUT2D eigenvalue weighted by Crippen LogP contribution is 2.17. The lowest BCUT2D eigenvalue weighted by molar-refractivity contribution is -0.137. The van der Waals surface area contributed by atoms with Gasteiger partial charge in [0.1, 0.15) is 0 Å². The minimum atomic E-state index is -0.305. The molecule has 1 aliphatic rings. The predicted molar refractivity (Wildman–Crippen MR) is 101 cm³/mol. The van der Waals surface area contributed by atoms with Crippen molar-refractivity contribution in [3.05, 3.63) is 42.5 Å². The highest BCUT2D eigenvalue weighted by Gasteiger charge is 2.24. The summed E-state index contributed by atoms with van der Waals surface area (Å²) in [5, 5.41) is 2.72. The Morgan fingerprint density at radius 3 is 2.32 bits per heavy atom. The maximum absolute atomic E-state index is 12.6. The van der Waals surface area contributed by atoms with Crippen molar-refractivity contribution >= 4 is 35.2 Å². The van der Waals surface area contributed by atoms with Gasteiger partial charge in [-0.15, -0.1) is 0 Å². The summed E-state index contributed by atoms with van der Waals surface area (Å²) in [6.45, 7) is 5.66. The molecule has 0 unspecified atom stereocenters. The molecule has 1 aromatic rings. The number of amides is 3. The molecule has 134 valence electrons. The number of para-hydroxylation sites is 1. The van der Waals surface area contributed by atoms with Crippen LogP contribution in [-0.4, -0.2) is 65.7 Å². The van der Waals surface area contributed by atoms with Crippen molar-refractivity contribution in [3.63, 3.8) is 0 Å². The first-order valence-corrected chi connectivity index (χ1v) is 9.50. The molecule has 1 heterocycles. The fourth-order valence-corrected chi connectivity index (χ4v) is 3.10. The van der Waals surface area contributed by atoms with Gasteiger partial charge in [0.25, 0.3) is 0 Å². The van der Waals surface area contributed by atoms with Crippen molar-refractivity contribution in [2.45, 2.75) is 6.42 Å². The molecule has 25 heavy (non-hydrogen) atoms. The molecule has 3 amide bonds. The first-order valence-electron chi connectivity index (χ1n) is 8.11. The van der Waals surface area contributed by atoms with E-state index in [4.69, 9.17) is 0 Å². The number of hydrogen-bond donors (Lipinski definition) is 1. The van der Waals surface area contributed by atoms with Gasteiger partial charge in [0.15, 0.2) is 0 Å². The Kier molecular flexibility index (Phi) is 7.06. The molecular formula is C18H23N3O3S. The van der Waals surface area contributed by atoms with Crippen molar-refractivity contribution in [1.29, 1.82) is 0 Å². The molecule has 0 atom stereocenters. The van der Waals surface area contributed by atoms with Crippen molar-refractivity contribution in [1.82, 2.24) is 9.80 Å². The molecule has 2 rings (SSSR count). The van der Waals surface area contributed by atoms with E-state index >= 15 is 0 Å². The average Bonchev–Trinajstić information content (AvgIpc) is 2.63. The second kappa shape index (κ2) is 9.27. The van der Waals surface area contributed by atoms with E-state index in [1.807, 2.05) is 24.5 Å². The third-order valence-electron chi connectivity index (χ3n) is 4.06. The first-order chi connectivity index (χ1) is 12.0. The van der Waals surface area contributed by atoms with Crippen molar-refractivity contribution in [2.75, 3.05) is 43.5 Å². The van der Waals surface area contributed by atoms with E-state index in [9.17, 15) is 14.4 Å². The van der Waals surface area contributed by atoms with Gasteiger partial charge in [-0.1, -0.05) is 24.8 Å². The molecular weight excluding hydrogens is 338 g/mol. The number of anilines is 1. The van der Waals surface area contributed by atoms with E-state index < -0.39 is 0 Å². The van der Waals surface area contributed by atoms with E-state index in [2.05, 4.69) is 11.9 Å². The number of carbonyl (C=O) groups excluding carboxylic acids is 3. The maximum Gasteiger partial charge on any atom is 0.247 e. The van der Waals surface area contributed by atoms with Crippen LogP contribution in [0.3, 0.4) is 0 Å². The number of rotatable bonds is 6. The van der Waals surface area contributed by atoms with Gasteiger partial charge in [-0.05, 0) is 24.0 Å². The molecule has 0 saturated carbocycles. The van der Waals surface area contributed by atoms with E-state index in [-0.39, 0.29) is 24.1 Å². The van der Waals surface area contributed by atoms with E-state index in [1.54, 1.807) is 15.9 Å². The van der Waals surface area contributed by atoms with E-state index in [0.29, 0.717) is 37.6 Å². The molecule has 6 nitrogen and oxygen atoms in total. The molecule has 1 fully saturated rings. The standard InChI is InChI=1S/C18H23N3O3S/c1-3-16(22)19-15-7-5-4-6-14(15)12-17(23)20-8-10-21(11-9-20)18(24)13-25-2/h3-7H,1,8-13H2,2H3,(H,19,22). The largest absolute Gasteiger partial charge is 0.339 e. The van der Waals surface area contributed by atoms with Gasteiger partial charge in [-0.3, -0.25) is 14.4 Å². The lowest BCUT2D eigenvalue weighted by Crippen LogP contribution is -2.51. The number of carbonyl (C=O) groups is 3. The number of nitrogens with one attached hydrogen (secondary N) is 1.